The number of benzene rings is 1. The van der Waals surface area contributed by atoms with Crippen molar-refractivity contribution >= 4 is 0 Å². The number of rotatable bonds is 3. The van der Waals surface area contributed by atoms with Gasteiger partial charge in [0.05, 0.1) is 6.61 Å². The molecule has 2 atom stereocenters. The van der Waals surface area contributed by atoms with Crippen LogP contribution in [0.2, 0.25) is 0 Å². The Labute approximate surface area is 75.1 Å². The molecular weight excluding hydrogens is 175 g/mol. The summed E-state index contributed by atoms with van der Waals surface area (Å²) < 4.78 is 13.0. The number of halogens is 1. The fraction of sp³-hybridized carbons (Fsp3) is 0.333. The van der Waals surface area contributed by atoms with Crippen molar-refractivity contribution in [3.63, 3.8) is 0 Å². The van der Waals surface area contributed by atoms with Gasteiger partial charge in [0, 0.05) is 5.56 Å². The smallest absolute Gasteiger partial charge is 0.129 e. The molecule has 72 valence electrons. The molecule has 4 heteroatoms. The second kappa shape index (κ2) is 4.32. The minimum absolute atomic E-state index is 0.0101. The van der Waals surface area contributed by atoms with Crippen molar-refractivity contribution in [1.29, 1.82) is 0 Å². The molecule has 0 saturated carbocycles. The Bertz CT molecular complexity index is 277. The summed E-state index contributed by atoms with van der Waals surface area (Å²) >= 11 is 0. The number of hydrogen-bond donors (Lipinski definition) is 3. The van der Waals surface area contributed by atoms with Gasteiger partial charge in [-0.15, -0.1) is 0 Å². The topological polar surface area (TPSA) is 60.7 Å². The molecule has 0 aliphatic carbocycles. The van der Waals surface area contributed by atoms with Gasteiger partial charge in [-0.1, -0.05) is 18.2 Å². The van der Waals surface area contributed by atoms with Gasteiger partial charge < -0.3 is 15.3 Å². The van der Waals surface area contributed by atoms with Crippen LogP contribution in [0.3, 0.4) is 0 Å². The maximum absolute atomic E-state index is 13.0. The molecule has 0 saturated heterocycles. The maximum Gasteiger partial charge on any atom is 0.129 e. The van der Waals surface area contributed by atoms with E-state index in [0.717, 1.165) is 0 Å². The van der Waals surface area contributed by atoms with Gasteiger partial charge >= 0.3 is 0 Å². The Morgan fingerprint density at radius 3 is 2.38 bits per heavy atom. The molecule has 0 heterocycles. The van der Waals surface area contributed by atoms with Crippen LogP contribution in [0.1, 0.15) is 11.7 Å². The molecule has 3 N–H and O–H groups in total. The standard InChI is InChI=1S/C9H11FO3/c10-7-4-2-1-3-6(7)9(13)8(12)5-11/h1-4,8-9,11-13H,5H2. The first-order chi connectivity index (χ1) is 6.16. The van der Waals surface area contributed by atoms with Crippen LogP contribution in [0, 0.1) is 5.82 Å². The zero-order chi connectivity index (χ0) is 9.84. The highest BCUT2D eigenvalue weighted by molar-refractivity contribution is 5.20. The fourth-order valence-corrected chi connectivity index (χ4v) is 1.02. The van der Waals surface area contributed by atoms with E-state index in [-0.39, 0.29) is 5.56 Å². The van der Waals surface area contributed by atoms with Gasteiger partial charge in [-0.2, -0.15) is 0 Å². The van der Waals surface area contributed by atoms with Crippen LogP contribution >= 0.6 is 0 Å². The van der Waals surface area contributed by atoms with Gasteiger partial charge in [0.1, 0.15) is 18.0 Å². The SMILES string of the molecule is OCC(O)C(O)c1ccccc1F. The molecule has 1 aromatic carbocycles. The van der Waals surface area contributed by atoms with Gasteiger partial charge in [0.15, 0.2) is 0 Å². The van der Waals surface area contributed by atoms with E-state index in [1.54, 1.807) is 6.07 Å². The predicted molar refractivity (Wildman–Crippen MR) is 44.5 cm³/mol. The number of aliphatic hydroxyl groups is 3. The van der Waals surface area contributed by atoms with Gasteiger partial charge in [-0.05, 0) is 6.07 Å². The summed E-state index contributed by atoms with van der Waals surface area (Å²) in [5, 5.41) is 26.9. The van der Waals surface area contributed by atoms with Gasteiger partial charge in [0.2, 0.25) is 0 Å². The quantitative estimate of drug-likeness (QED) is 0.632. The first kappa shape index (κ1) is 10.1. The lowest BCUT2D eigenvalue weighted by atomic mass is 10.0. The zero-order valence-electron chi connectivity index (χ0n) is 6.89. The minimum Gasteiger partial charge on any atom is -0.394 e. The van der Waals surface area contributed by atoms with Gasteiger partial charge in [-0.3, -0.25) is 0 Å². The molecule has 2 unspecified atom stereocenters. The highest BCUT2D eigenvalue weighted by Gasteiger charge is 2.19. The Morgan fingerprint density at radius 1 is 1.23 bits per heavy atom. The Balaban J connectivity index is 2.88. The molecule has 0 fully saturated rings. The number of aliphatic hydroxyl groups excluding tert-OH is 3. The lowest BCUT2D eigenvalue weighted by Gasteiger charge is -2.15. The first-order valence-corrected chi connectivity index (χ1v) is 3.88. The summed E-state index contributed by atoms with van der Waals surface area (Å²) in [6.45, 7) is -0.602. The van der Waals surface area contributed by atoms with Crippen molar-refractivity contribution in [2.45, 2.75) is 12.2 Å². The third-order valence-electron chi connectivity index (χ3n) is 1.78. The highest BCUT2D eigenvalue weighted by atomic mass is 19.1. The van der Waals surface area contributed by atoms with Crippen LogP contribution in [0.15, 0.2) is 24.3 Å². The molecule has 0 amide bonds. The number of hydrogen-bond acceptors (Lipinski definition) is 3. The molecule has 0 aliphatic heterocycles. The summed E-state index contributed by atoms with van der Waals surface area (Å²) in [5.74, 6) is -0.595. The van der Waals surface area contributed by atoms with Crippen LogP contribution in [0.25, 0.3) is 0 Å². The molecule has 0 aliphatic rings. The average molecular weight is 186 g/mol. The second-order valence-electron chi connectivity index (χ2n) is 2.72. The largest absolute Gasteiger partial charge is 0.394 e. The van der Waals surface area contributed by atoms with Crippen LogP contribution in [-0.4, -0.2) is 28.0 Å². The lowest BCUT2D eigenvalue weighted by molar-refractivity contribution is -0.0168. The molecule has 0 aromatic heterocycles. The van der Waals surface area contributed by atoms with Crippen LogP contribution in [0.4, 0.5) is 4.39 Å². The Hall–Kier alpha value is -0.970. The summed E-state index contributed by atoms with van der Waals surface area (Å²) in [6, 6.07) is 5.57. The first-order valence-electron chi connectivity index (χ1n) is 3.88. The van der Waals surface area contributed by atoms with E-state index in [1.807, 2.05) is 0 Å². The van der Waals surface area contributed by atoms with Crippen molar-refractivity contribution in [3.05, 3.63) is 35.6 Å². The Morgan fingerprint density at radius 2 is 1.85 bits per heavy atom. The second-order valence-corrected chi connectivity index (χ2v) is 2.72. The molecule has 0 bridgehead atoms. The molecule has 0 radical (unpaired) electrons. The van der Waals surface area contributed by atoms with Crippen molar-refractivity contribution in [2.75, 3.05) is 6.61 Å². The molecule has 13 heavy (non-hydrogen) atoms. The van der Waals surface area contributed by atoms with Crippen LogP contribution in [0.5, 0.6) is 0 Å². The van der Waals surface area contributed by atoms with Crippen molar-refractivity contribution < 1.29 is 19.7 Å². The predicted octanol–water partition coefficient (Wildman–Crippen LogP) is 0.212. The fourth-order valence-electron chi connectivity index (χ4n) is 1.02. The highest BCUT2D eigenvalue weighted by Crippen LogP contribution is 2.19. The van der Waals surface area contributed by atoms with E-state index in [2.05, 4.69) is 0 Å². The van der Waals surface area contributed by atoms with Gasteiger partial charge in [0.25, 0.3) is 0 Å². The van der Waals surface area contributed by atoms with E-state index in [0.29, 0.717) is 0 Å². The van der Waals surface area contributed by atoms with Crippen LogP contribution in [-0.2, 0) is 0 Å². The Kier molecular flexibility index (Phi) is 3.36. The van der Waals surface area contributed by atoms with Gasteiger partial charge in [-0.25, -0.2) is 4.39 Å². The summed E-state index contributed by atoms with van der Waals surface area (Å²) in [6.07, 6.45) is -2.73. The molecule has 1 rings (SSSR count). The van der Waals surface area contributed by atoms with Crippen LogP contribution < -0.4 is 0 Å². The third kappa shape index (κ3) is 2.24. The van der Waals surface area contributed by atoms with E-state index in [1.165, 1.54) is 18.2 Å². The van der Waals surface area contributed by atoms with E-state index in [9.17, 15) is 9.50 Å². The van der Waals surface area contributed by atoms with E-state index in [4.69, 9.17) is 10.2 Å². The molecule has 3 nitrogen and oxygen atoms in total. The van der Waals surface area contributed by atoms with Crippen molar-refractivity contribution in [2.24, 2.45) is 0 Å². The lowest BCUT2D eigenvalue weighted by Crippen LogP contribution is -2.22. The monoisotopic (exact) mass is 186 g/mol. The summed E-state index contributed by atoms with van der Waals surface area (Å²) in [5.41, 5.74) is -0.0101. The normalized spacial score (nSPS) is 15.4. The third-order valence-corrected chi connectivity index (χ3v) is 1.78. The summed E-state index contributed by atoms with van der Waals surface area (Å²) in [4.78, 5) is 0. The molecule has 1 aromatic rings. The molecule has 0 spiro atoms. The van der Waals surface area contributed by atoms with E-state index < -0.39 is 24.6 Å². The molecular formula is C9H11FO3. The summed E-state index contributed by atoms with van der Waals surface area (Å²) in [7, 11) is 0. The average Bonchev–Trinajstić information content (AvgIpc) is 2.16. The minimum atomic E-state index is -1.38. The van der Waals surface area contributed by atoms with E-state index >= 15 is 0 Å². The maximum atomic E-state index is 13.0. The van der Waals surface area contributed by atoms with Crippen molar-refractivity contribution in [1.82, 2.24) is 0 Å². The van der Waals surface area contributed by atoms with Crippen molar-refractivity contribution in [3.8, 4) is 0 Å². The zero-order valence-corrected chi connectivity index (χ0v) is 6.89.